The molecular formula is C42H44FeO8P2. The van der Waals surface area contributed by atoms with Gasteiger partial charge in [0.15, 0.2) is 46.0 Å². The molecule has 0 aliphatic rings. The fraction of sp³-hybridized carbons (Fsp3) is 0.190. The summed E-state index contributed by atoms with van der Waals surface area (Å²) in [7, 11) is 11.5. The fourth-order valence-electron chi connectivity index (χ4n) is 6.03. The molecule has 0 atom stereocenters. The maximum atomic E-state index is 5.72. The van der Waals surface area contributed by atoms with E-state index in [1.165, 1.54) is 10.6 Å². The van der Waals surface area contributed by atoms with Gasteiger partial charge >= 0.3 is 17.1 Å². The SMILES string of the molecule is COc1cccc(P(c2ccc[cH-]2)c2cccc(OC)c2OC)c1OC.COc1cccc(P(c2ccc[cH-]2)c2cccc(OC)c2OC)c1OC.[Fe+2]. The summed E-state index contributed by atoms with van der Waals surface area (Å²) >= 11 is 0. The monoisotopic (exact) mass is 794 g/mol. The van der Waals surface area contributed by atoms with Gasteiger partial charge in [-0.1, -0.05) is 24.3 Å². The molecule has 0 spiro atoms. The van der Waals surface area contributed by atoms with Crippen molar-refractivity contribution in [1.29, 1.82) is 0 Å². The Morgan fingerprint density at radius 3 is 0.792 bits per heavy atom. The van der Waals surface area contributed by atoms with Crippen LogP contribution in [0.5, 0.6) is 46.0 Å². The van der Waals surface area contributed by atoms with E-state index in [0.29, 0.717) is 23.0 Å². The van der Waals surface area contributed by atoms with Gasteiger partial charge in [-0.3, -0.25) is 0 Å². The molecule has 0 aliphatic carbocycles. The van der Waals surface area contributed by atoms with Crippen molar-refractivity contribution >= 4 is 47.7 Å². The Morgan fingerprint density at radius 2 is 0.604 bits per heavy atom. The predicted molar refractivity (Wildman–Crippen MR) is 214 cm³/mol. The molecule has 0 aliphatic heterocycles. The molecule has 8 nitrogen and oxygen atoms in total. The van der Waals surface area contributed by atoms with Crippen molar-refractivity contribution in [3.05, 3.63) is 121 Å². The second-order valence-electron chi connectivity index (χ2n) is 11.0. The third-order valence-electron chi connectivity index (χ3n) is 8.30. The molecule has 0 heterocycles. The first kappa shape index (κ1) is 41.1. The van der Waals surface area contributed by atoms with Crippen LogP contribution in [0, 0.1) is 0 Å². The quantitative estimate of drug-likeness (QED) is 0.0714. The van der Waals surface area contributed by atoms with Gasteiger partial charge in [-0.15, -0.1) is 10.6 Å². The predicted octanol–water partition coefficient (Wildman–Crippen LogP) is 6.39. The molecular weight excluding hydrogens is 750 g/mol. The Labute approximate surface area is 325 Å². The van der Waals surface area contributed by atoms with Crippen LogP contribution in [0.1, 0.15) is 0 Å². The van der Waals surface area contributed by atoms with E-state index in [0.717, 1.165) is 44.2 Å². The summed E-state index contributed by atoms with van der Waals surface area (Å²) in [6, 6.07) is 40.6. The van der Waals surface area contributed by atoms with Gasteiger partial charge in [0.05, 0.1) is 56.9 Å². The van der Waals surface area contributed by atoms with E-state index in [9.17, 15) is 0 Å². The van der Waals surface area contributed by atoms with Crippen molar-refractivity contribution in [2.75, 3.05) is 56.9 Å². The zero-order chi connectivity index (χ0) is 37.0. The average Bonchev–Trinajstić information content (AvgIpc) is 3.94. The number of hydrogen-bond acceptors (Lipinski definition) is 8. The standard InChI is InChI=1S/2C21H22O4P.Fe/c2*1-22-16-11-7-13-18(20(16)24-3)26(15-9-5-6-10-15)19-14-8-12-17(23-2)21(19)25-4;/h2*5-14H,1-4H3;/q2*-1;+2. The molecule has 11 heteroatoms. The molecule has 0 saturated carbocycles. The van der Waals surface area contributed by atoms with E-state index in [1.54, 1.807) is 56.9 Å². The summed E-state index contributed by atoms with van der Waals surface area (Å²) in [6.45, 7) is 0. The minimum absolute atomic E-state index is 0. The molecule has 0 aromatic heterocycles. The molecule has 0 saturated heterocycles. The summed E-state index contributed by atoms with van der Waals surface area (Å²) < 4.78 is 44.9. The van der Waals surface area contributed by atoms with Crippen molar-refractivity contribution in [2.24, 2.45) is 0 Å². The number of benzene rings is 4. The summed E-state index contributed by atoms with van der Waals surface area (Å²) in [6.07, 6.45) is 0. The van der Waals surface area contributed by atoms with Crippen molar-refractivity contribution in [2.45, 2.75) is 0 Å². The van der Waals surface area contributed by atoms with Gasteiger partial charge in [0.1, 0.15) is 0 Å². The third kappa shape index (κ3) is 8.78. The molecule has 0 amide bonds. The molecule has 0 radical (unpaired) electrons. The van der Waals surface area contributed by atoms with Gasteiger partial charge in [-0.05, 0) is 64.4 Å². The molecule has 6 aromatic carbocycles. The fourth-order valence-corrected chi connectivity index (χ4v) is 11.2. The van der Waals surface area contributed by atoms with Crippen LogP contribution in [0.3, 0.4) is 0 Å². The first-order valence-corrected chi connectivity index (χ1v) is 19.1. The number of hydrogen-bond donors (Lipinski definition) is 0. The minimum Gasteiger partial charge on any atom is -0.493 e. The van der Waals surface area contributed by atoms with E-state index < -0.39 is 15.8 Å². The Kier molecular flexibility index (Phi) is 15.5. The van der Waals surface area contributed by atoms with Gasteiger partial charge in [0.2, 0.25) is 0 Å². The van der Waals surface area contributed by atoms with Crippen LogP contribution < -0.4 is 69.7 Å². The van der Waals surface area contributed by atoms with E-state index in [4.69, 9.17) is 37.9 Å². The second-order valence-corrected chi connectivity index (χ2v) is 15.3. The third-order valence-corrected chi connectivity index (χ3v) is 13.3. The van der Waals surface area contributed by atoms with Gasteiger partial charge in [-0.2, -0.15) is 24.3 Å². The molecule has 6 aromatic rings. The molecule has 0 bridgehead atoms. The van der Waals surface area contributed by atoms with Crippen LogP contribution in [0.2, 0.25) is 0 Å². The van der Waals surface area contributed by atoms with E-state index in [2.05, 4.69) is 48.5 Å². The van der Waals surface area contributed by atoms with Crippen LogP contribution >= 0.6 is 15.8 Å². The topological polar surface area (TPSA) is 73.8 Å². The number of methoxy groups -OCH3 is 8. The van der Waals surface area contributed by atoms with Gasteiger partial charge in [0, 0.05) is 21.2 Å². The maximum Gasteiger partial charge on any atom is 2.00 e. The van der Waals surface area contributed by atoms with E-state index >= 15 is 0 Å². The first-order valence-electron chi connectivity index (χ1n) is 16.4. The van der Waals surface area contributed by atoms with Gasteiger partial charge < -0.3 is 37.9 Å². The number of para-hydroxylation sites is 4. The van der Waals surface area contributed by atoms with Crippen LogP contribution in [0.25, 0.3) is 0 Å². The van der Waals surface area contributed by atoms with E-state index in [-0.39, 0.29) is 17.1 Å². The normalized spacial score (nSPS) is 10.5. The van der Waals surface area contributed by atoms with Crippen molar-refractivity contribution in [3.8, 4) is 46.0 Å². The largest absolute Gasteiger partial charge is 2.00 e. The Balaban J connectivity index is 0.000000232. The van der Waals surface area contributed by atoms with Crippen molar-refractivity contribution < 1.29 is 55.0 Å². The van der Waals surface area contributed by atoms with Gasteiger partial charge in [0.25, 0.3) is 0 Å². The molecule has 0 N–H and O–H groups in total. The Morgan fingerprint density at radius 1 is 0.340 bits per heavy atom. The summed E-state index contributed by atoms with van der Waals surface area (Å²) in [4.78, 5) is 0. The average molecular weight is 795 g/mol. The first-order chi connectivity index (χ1) is 25.5. The Bertz CT molecular complexity index is 1760. The van der Waals surface area contributed by atoms with Gasteiger partial charge in [-0.25, -0.2) is 24.3 Å². The molecule has 278 valence electrons. The van der Waals surface area contributed by atoms with Crippen LogP contribution in [-0.2, 0) is 17.1 Å². The summed E-state index contributed by atoms with van der Waals surface area (Å²) in [5.41, 5.74) is 0. The minimum atomic E-state index is -0.916. The van der Waals surface area contributed by atoms with E-state index in [1.807, 2.05) is 72.8 Å². The summed E-state index contributed by atoms with van der Waals surface area (Å²) in [5.74, 6) is 5.83. The van der Waals surface area contributed by atoms with Crippen LogP contribution in [0.15, 0.2) is 121 Å². The molecule has 6 rings (SSSR count). The maximum absolute atomic E-state index is 5.72. The Hall–Kier alpha value is -4.64. The van der Waals surface area contributed by atoms with Crippen molar-refractivity contribution in [3.63, 3.8) is 0 Å². The molecule has 0 fully saturated rings. The second kappa shape index (κ2) is 20.0. The summed E-state index contributed by atoms with van der Waals surface area (Å²) in [5, 5.41) is 6.69. The molecule has 53 heavy (non-hydrogen) atoms. The zero-order valence-corrected chi connectivity index (χ0v) is 34.0. The van der Waals surface area contributed by atoms with Crippen molar-refractivity contribution in [1.82, 2.24) is 0 Å². The van der Waals surface area contributed by atoms with Crippen LogP contribution in [0.4, 0.5) is 0 Å². The number of ether oxygens (including phenoxy) is 8. The molecule has 0 unspecified atom stereocenters. The smallest absolute Gasteiger partial charge is 0.493 e. The number of rotatable bonds is 14. The zero-order valence-electron chi connectivity index (χ0n) is 31.1. The van der Waals surface area contributed by atoms with Crippen LogP contribution in [-0.4, -0.2) is 56.9 Å².